The highest BCUT2D eigenvalue weighted by Gasteiger charge is 2.45. The molecule has 2 aromatic heterocycles. The molecule has 0 bridgehead atoms. The molecule has 2 fully saturated rings. The third-order valence-electron chi connectivity index (χ3n) is 6.71. The van der Waals surface area contributed by atoms with Crippen LogP contribution in [0.3, 0.4) is 0 Å². The Morgan fingerprint density at radius 1 is 1.13 bits per heavy atom. The van der Waals surface area contributed by atoms with E-state index in [9.17, 15) is 9.59 Å². The number of anilines is 2. The Morgan fingerprint density at radius 3 is 2.60 bits per heavy atom. The van der Waals surface area contributed by atoms with E-state index in [0.717, 1.165) is 50.0 Å². The van der Waals surface area contributed by atoms with Crippen molar-refractivity contribution in [2.24, 2.45) is 0 Å². The number of carbonyl (C=O) groups is 1. The Morgan fingerprint density at radius 2 is 1.90 bits per heavy atom. The molecule has 2 aliphatic heterocycles. The van der Waals surface area contributed by atoms with E-state index in [1.807, 2.05) is 4.90 Å². The molecule has 0 atom stereocenters. The molecule has 1 spiro atoms. The Kier molecular flexibility index (Phi) is 4.69. The molecule has 9 nitrogen and oxygen atoms in total. The number of fused-ring (bicyclic) bond motifs is 2. The normalized spacial score (nSPS) is 20.4. The molecule has 158 valence electrons. The molecule has 0 aromatic carbocycles. The Bertz CT molecular complexity index is 1000. The quantitative estimate of drug-likeness (QED) is 0.748. The Balaban J connectivity index is 1.37. The number of pyridine rings is 1. The molecule has 5 rings (SSSR count). The summed E-state index contributed by atoms with van der Waals surface area (Å²) in [7, 11) is 0. The number of hydrogen-bond donors (Lipinski definition) is 2. The molecule has 3 aliphatic rings. The van der Waals surface area contributed by atoms with Crippen molar-refractivity contribution < 1.29 is 9.53 Å². The van der Waals surface area contributed by atoms with Gasteiger partial charge in [0.15, 0.2) is 0 Å². The standard InChI is InChI=1S/C21H26N6O3/c22-16-2-1-14(13-23-16)19(29)26-7-5-21(6-8-26)4-3-15-17(21)24-20(25-18(15)28)27-9-11-30-12-10-27/h1-2,13H,3-12H2,(H2,22,23)(H,24,25,28). The predicted molar refractivity (Wildman–Crippen MR) is 112 cm³/mol. The fourth-order valence-corrected chi connectivity index (χ4v) is 4.90. The second-order valence-electron chi connectivity index (χ2n) is 8.36. The zero-order valence-electron chi connectivity index (χ0n) is 16.9. The number of nitrogens with zero attached hydrogens (tertiary/aromatic N) is 4. The van der Waals surface area contributed by atoms with Gasteiger partial charge >= 0.3 is 0 Å². The molecule has 1 amide bonds. The van der Waals surface area contributed by atoms with E-state index in [2.05, 4.69) is 14.9 Å². The molecule has 3 N–H and O–H groups in total. The lowest BCUT2D eigenvalue weighted by Gasteiger charge is -2.39. The molecule has 4 heterocycles. The second-order valence-corrected chi connectivity index (χ2v) is 8.36. The number of morpholine rings is 1. The van der Waals surface area contributed by atoms with Crippen molar-refractivity contribution in [1.82, 2.24) is 19.9 Å². The van der Waals surface area contributed by atoms with Gasteiger partial charge in [0.1, 0.15) is 5.82 Å². The average Bonchev–Trinajstić information content (AvgIpc) is 3.13. The fourth-order valence-electron chi connectivity index (χ4n) is 4.90. The molecule has 0 saturated carbocycles. The maximum atomic E-state index is 12.8. The highest BCUT2D eigenvalue weighted by atomic mass is 16.5. The minimum atomic E-state index is -0.124. The summed E-state index contributed by atoms with van der Waals surface area (Å²) in [6, 6.07) is 3.37. The molecule has 0 unspecified atom stereocenters. The summed E-state index contributed by atoms with van der Waals surface area (Å²) in [5, 5.41) is 0. The molecule has 30 heavy (non-hydrogen) atoms. The summed E-state index contributed by atoms with van der Waals surface area (Å²) in [6.07, 6.45) is 4.82. The maximum absolute atomic E-state index is 12.8. The first-order valence-corrected chi connectivity index (χ1v) is 10.5. The third kappa shape index (κ3) is 3.23. The molecule has 0 radical (unpaired) electrons. The van der Waals surface area contributed by atoms with Crippen molar-refractivity contribution in [3.63, 3.8) is 0 Å². The largest absolute Gasteiger partial charge is 0.384 e. The lowest BCUT2D eigenvalue weighted by molar-refractivity contribution is 0.0663. The van der Waals surface area contributed by atoms with Crippen LogP contribution in [0.2, 0.25) is 0 Å². The summed E-state index contributed by atoms with van der Waals surface area (Å²) in [4.78, 5) is 41.5. The molecule has 9 heteroatoms. The molecule has 1 aliphatic carbocycles. The number of aromatic amines is 1. The zero-order valence-corrected chi connectivity index (χ0v) is 16.9. The monoisotopic (exact) mass is 410 g/mol. The summed E-state index contributed by atoms with van der Waals surface area (Å²) in [5.41, 5.74) is 7.78. The van der Waals surface area contributed by atoms with Crippen LogP contribution in [0.25, 0.3) is 0 Å². The van der Waals surface area contributed by atoms with Crippen LogP contribution in [0.15, 0.2) is 23.1 Å². The van der Waals surface area contributed by atoms with E-state index in [4.69, 9.17) is 15.5 Å². The Labute approximate surface area is 174 Å². The summed E-state index contributed by atoms with van der Waals surface area (Å²) < 4.78 is 5.42. The van der Waals surface area contributed by atoms with Crippen LogP contribution >= 0.6 is 0 Å². The van der Waals surface area contributed by atoms with Gasteiger partial charge in [0.05, 0.1) is 24.5 Å². The smallest absolute Gasteiger partial charge is 0.255 e. The van der Waals surface area contributed by atoms with Crippen molar-refractivity contribution in [2.75, 3.05) is 50.0 Å². The van der Waals surface area contributed by atoms with Crippen LogP contribution in [0.1, 0.15) is 40.9 Å². The number of aromatic nitrogens is 3. The number of carbonyl (C=O) groups excluding carboxylic acids is 1. The first kappa shape index (κ1) is 19.0. The first-order chi connectivity index (χ1) is 14.6. The van der Waals surface area contributed by atoms with Crippen LogP contribution in [-0.2, 0) is 16.6 Å². The number of ether oxygens (including phenoxy) is 1. The van der Waals surface area contributed by atoms with Gasteiger partial charge in [-0.3, -0.25) is 14.6 Å². The van der Waals surface area contributed by atoms with Crippen molar-refractivity contribution in [3.05, 3.63) is 45.5 Å². The van der Waals surface area contributed by atoms with Gasteiger partial charge in [-0.15, -0.1) is 0 Å². The number of nitrogen functional groups attached to an aromatic ring is 1. The van der Waals surface area contributed by atoms with E-state index >= 15 is 0 Å². The van der Waals surface area contributed by atoms with Crippen LogP contribution in [0.5, 0.6) is 0 Å². The van der Waals surface area contributed by atoms with Crippen molar-refractivity contribution in [2.45, 2.75) is 31.1 Å². The van der Waals surface area contributed by atoms with Gasteiger partial charge < -0.3 is 20.3 Å². The van der Waals surface area contributed by atoms with Gasteiger partial charge in [0.25, 0.3) is 11.5 Å². The van der Waals surface area contributed by atoms with E-state index in [1.54, 1.807) is 12.1 Å². The summed E-state index contributed by atoms with van der Waals surface area (Å²) in [6.45, 7) is 4.03. The lowest BCUT2D eigenvalue weighted by Crippen LogP contribution is -2.45. The van der Waals surface area contributed by atoms with Crippen molar-refractivity contribution >= 4 is 17.7 Å². The first-order valence-electron chi connectivity index (χ1n) is 10.5. The van der Waals surface area contributed by atoms with Crippen molar-refractivity contribution in [1.29, 1.82) is 0 Å². The van der Waals surface area contributed by atoms with Gasteiger partial charge in [0.2, 0.25) is 5.95 Å². The minimum Gasteiger partial charge on any atom is -0.384 e. The number of likely N-dealkylation sites (tertiary alicyclic amines) is 1. The summed E-state index contributed by atoms with van der Waals surface area (Å²) in [5.74, 6) is 1.03. The predicted octanol–water partition coefficient (Wildman–Crippen LogP) is 0.704. The maximum Gasteiger partial charge on any atom is 0.255 e. The van der Waals surface area contributed by atoms with Gasteiger partial charge in [-0.1, -0.05) is 0 Å². The van der Waals surface area contributed by atoms with Crippen LogP contribution in [0, 0.1) is 0 Å². The number of piperidine rings is 1. The van der Waals surface area contributed by atoms with E-state index in [-0.39, 0.29) is 16.9 Å². The number of H-pyrrole nitrogens is 1. The molecular weight excluding hydrogens is 384 g/mol. The number of rotatable bonds is 2. The third-order valence-corrected chi connectivity index (χ3v) is 6.71. The van der Waals surface area contributed by atoms with Gasteiger partial charge in [-0.05, 0) is 37.8 Å². The highest BCUT2D eigenvalue weighted by Crippen LogP contribution is 2.44. The molecular formula is C21H26N6O3. The van der Waals surface area contributed by atoms with Crippen molar-refractivity contribution in [3.8, 4) is 0 Å². The SMILES string of the molecule is Nc1ccc(C(=O)N2CCC3(CCc4c3nc(N3CCOCC3)[nH]c4=O)CC2)cn1. The second kappa shape index (κ2) is 7.39. The van der Waals surface area contributed by atoms with E-state index < -0.39 is 0 Å². The summed E-state index contributed by atoms with van der Waals surface area (Å²) >= 11 is 0. The zero-order chi connectivity index (χ0) is 20.7. The van der Waals surface area contributed by atoms with Gasteiger partial charge in [-0.25, -0.2) is 9.97 Å². The average molecular weight is 410 g/mol. The fraction of sp³-hybridized carbons (Fsp3) is 0.524. The number of nitrogens with two attached hydrogens (primary N) is 1. The van der Waals surface area contributed by atoms with Crippen LogP contribution < -0.4 is 16.2 Å². The lowest BCUT2D eigenvalue weighted by atomic mass is 9.76. The minimum absolute atomic E-state index is 0.0233. The molecule has 2 aromatic rings. The van der Waals surface area contributed by atoms with Gasteiger partial charge in [-0.2, -0.15) is 0 Å². The Hall–Kier alpha value is -2.94. The molecule has 2 saturated heterocycles. The van der Waals surface area contributed by atoms with Crippen LogP contribution in [-0.4, -0.2) is 65.2 Å². The topological polar surface area (TPSA) is 117 Å². The number of hydrogen-bond acceptors (Lipinski definition) is 7. The van der Waals surface area contributed by atoms with Gasteiger partial charge in [0, 0.05) is 43.4 Å². The highest BCUT2D eigenvalue weighted by molar-refractivity contribution is 5.94. The van der Waals surface area contributed by atoms with Crippen LogP contribution in [0.4, 0.5) is 11.8 Å². The van der Waals surface area contributed by atoms with E-state index in [0.29, 0.717) is 43.6 Å². The van der Waals surface area contributed by atoms with E-state index in [1.165, 1.54) is 6.20 Å². The number of amides is 1. The number of nitrogens with one attached hydrogen (secondary N) is 1.